The first-order valence-electron chi connectivity index (χ1n) is 6.32. The highest BCUT2D eigenvalue weighted by Gasteiger charge is 2.14. The summed E-state index contributed by atoms with van der Waals surface area (Å²) in [6.45, 7) is 0. The Bertz CT molecular complexity index is 801. The van der Waals surface area contributed by atoms with E-state index in [1.807, 2.05) is 31.3 Å². The minimum absolute atomic E-state index is 0.265. The summed E-state index contributed by atoms with van der Waals surface area (Å²) >= 11 is 4.66. The van der Waals surface area contributed by atoms with Gasteiger partial charge in [0.1, 0.15) is 0 Å². The van der Waals surface area contributed by atoms with Crippen molar-refractivity contribution in [2.24, 2.45) is 7.05 Å². The van der Waals surface area contributed by atoms with Crippen LogP contribution in [0.1, 0.15) is 10.6 Å². The number of rotatable bonds is 4. The van der Waals surface area contributed by atoms with Crippen molar-refractivity contribution in [3.63, 3.8) is 0 Å². The average Bonchev–Trinajstić information content (AvgIpc) is 3.11. The van der Waals surface area contributed by atoms with E-state index in [2.05, 4.69) is 31.3 Å². The van der Waals surface area contributed by atoms with Crippen LogP contribution in [0.3, 0.4) is 0 Å². The smallest absolute Gasteiger partial charge is 0.291 e. The number of nitrogens with zero attached hydrogens (tertiary/aromatic N) is 3. The molecule has 1 aromatic carbocycles. The van der Waals surface area contributed by atoms with E-state index in [1.54, 1.807) is 16.8 Å². The predicted molar refractivity (Wildman–Crippen MR) is 85.9 cm³/mol. The summed E-state index contributed by atoms with van der Waals surface area (Å²) in [5, 5.41) is 7.69. The van der Waals surface area contributed by atoms with Crippen molar-refractivity contribution in [1.29, 1.82) is 0 Å². The lowest BCUT2D eigenvalue weighted by molar-refractivity contribution is 0.0996. The molecule has 0 aliphatic heterocycles. The molecule has 0 unspecified atom stereocenters. The summed E-state index contributed by atoms with van der Waals surface area (Å²) in [4.78, 5) is 17.2. The molecule has 0 saturated heterocycles. The summed E-state index contributed by atoms with van der Waals surface area (Å²) in [7, 11) is 1.81. The maximum atomic E-state index is 12.1. The van der Waals surface area contributed by atoms with Crippen LogP contribution in [0.5, 0.6) is 0 Å². The van der Waals surface area contributed by atoms with Crippen LogP contribution in [-0.4, -0.2) is 20.7 Å². The maximum Gasteiger partial charge on any atom is 0.291 e. The summed E-state index contributed by atoms with van der Waals surface area (Å²) in [5.74, 6) is -0.0293. The van der Waals surface area contributed by atoms with Gasteiger partial charge in [0, 0.05) is 11.9 Å². The number of hydrogen-bond acceptors (Lipinski definition) is 5. The van der Waals surface area contributed by atoms with E-state index >= 15 is 0 Å². The molecule has 0 bridgehead atoms. The number of aryl methyl sites for hydroxylation is 1. The van der Waals surface area contributed by atoms with Crippen molar-refractivity contribution in [3.8, 4) is 0 Å². The first-order valence-corrected chi connectivity index (χ1v) is 7.93. The summed E-state index contributed by atoms with van der Waals surface area (Å²) in [6.07, 6.45) is 1.46. The number of carbonyl (C=O) groups excluding carboxylic acids is 1. The van der Waals surface area contributed by atoms with Crippen LogP contribution in [0.4, 0.5) is 5.69 Å². The van der Waals surface area contributed by atoms with E-state index in [-0.39, 0.29) is 11.7 Å². The summed E-state index contributed by atoms with van der Waals surface area (Å²) < 4.78 is 7.29. The van der Waals surface area contributed by atoms with Gasteiger partial charge in [-0.05, 0) is 52.0 Å². The summed E-state index contributed by atoms with van der Waals surface area (Å²) in [5.41, 5.74) is 0.688. The van der Waals surface area contributed by atoms with E-state index in [0.29, 0.717) is 15.6 Å². The maximum absolute atomic E-state index is 12.1. The Morgan fingerprint density at radius 2 is 2.14 bits per heavy atom. The number of carbonyl (C=O) groups is 1. The van der Waals surface area contributed by atoms with Crippen molar-refractivity contribution in [2.45, 2.75) is 10.1 Å². The molecule has 0 saturated carbocycles. The molecule has 0 atom stereocenters. The second-order valence-electron chi connectivity index (χ2n) is 4.32. The van der Waals surface area contributed by atoms with Gasteiger partial charge in [-0.15, -0.1) is 5.10 Å². The van der Waals surface area contributed by atoms with Gasteiger partial charge in [0.15, 0.2) is 10.9 Å². The third kappa shape index (κ3) is 3.23. The molecule has 112 valence electrons. The molecule has 2 aromatic heterocycles. The molecule has 0 aliphatic rings. The zero-order chi connectivity index (χ0) is 15.5. The van der Waals surface area contributed by atoms with E-state index in [1.165, 1.54) is 18.0 Å². The molecule has 0 spiro atoms. The molecule has 3 aromatic rings. The standard InChI is InChI=1S/C14H11BrN4O2S/c1-19-14(17-13(15)18-19)22-11-7-3-2-5-9(11)16-12(20)10-6-4-8-21-10/h2-8H,1H3,(H,16,20). The fourth-order valence-corrected chi connectivity index (χ4v) is 3.18. The largest absolute Gasteiger partial charge is 0.459 e. The Hall–Kier alpha value is -2.06. The number of amides is 1. The van der Waals surface area contributed by atoms with Crippen LogP contribution in [0, 0.1) is 0 Å². The Morgan fingerprint density at radius 1 is 1.32 bits per heavy atom. The Morgan fingerprint density at radius 3 is 2.82 bits per heavy atom. The average molecular weight is 379 g/mol. The SMILES string of the molecule is Cn1nc(Br)nc1Sc1ccccc1NC(=O)c1ccco1. The molecule has 3 rings (SSSR count). The second kappa shape index (κ2) is 6.37. The minimum Gasteiger partial charge on any atom is -0.459 e. The Kier molecular flexibility index (Phi) is 4.30. The highest BCUT2D eigenvalue weighted by Crippen LogP contribution is 2.32. The Balaban J connectivity index is 1.84. The lowest BCUT2D eigenvalue weighted by atomic mass is 10.3. The van der Waals surface area contributed by atoms with Gasteiger partial charge >= 0.3 is 0 Å². The van der Waals surface area contributed by atoms with Crippen molar-refractivity contribution >= 4 is 39.3 Å². The number of para-hydroxylation sites is 1. The fourth-order valence-electron chi connectivity index (χ4n) is 1.78. The number of hydrogen-bond donors (Lipinski definition) is 1. The van der Waals surface area contributed by atoms with Crippen molar-refractivity contribution in [3.05, 3.63) is 53.2 Å². The number of nitrogens with one attached hydrogen (secondary N) is 1. The number of halogens is 1. The van der Waals surface area contributed by atoms with Gasteiger partial charge in [-0.25, -0.2) is 4.68 Å². The van der Waals surface area contributed by atoms with Crippen LogP contribution in [0.25, 0.3) is 0 Å². The molecule has 22 heavy (non-hydrogen) atoms. The van der Waals surface area contributed by atoms with Gasteiger partial charge in [-0.1, -0.05) is 12.1 Å². The first-order chi connectivity index (χ1) is 10.6. The third-order valence-corrected chi connectivity index (χ3v) is 4.23. The molecule has 1 amide bonds. The first kappa shape index (κ1) is 14.9. The van der Waals surface area contributed by atoms with Crippen molar-refractivity contribution in [2.75, 3.05) is 5.32 Å². The zero-order valence-electron chi connectivity index (χ0n) is 11.5. The number of aromatic nitrogens is 3. The quantitative estimate of drug-likeness (QED) is 0.750. The van der Waals surface area contributed by atoms with Gasteiger partial charge in [0.2, 0.25) is 4.73 Å². The zero-order valence-corrected chi connectivity index (χ0v) is 13.9. The molecule has 8 heteroatoms. The Labute approximate surface area is 139 Å². The van der Waals surface area contributed by atoms with Gasteiger partial charge in [0.05, 0.1) is 12.0 Å². The molecule has 2 heterocycles. The normalized spacial score (nSPS) is 10.6. The van der Waals surface area contributed by atoms with Gasteiger partial charge < -0.3 is 9.73 Å². The number of anilines is 1. The van der Waals surface area contributed by atoms with E-state index < -0.39 is 0 Å². The van der Waals surface area contributed by atoms with E-state index in [9.17, 15) is 4.79 Å². The molecular formula is C14H11BrN4O2S. The summed E-state index contributed by atoms with van der Waals surface area (Å²) in [6, 6.07) is 10.8. The van der Waals surface area contributed by atoms with Crippen LogP contribution in [0.2, 0.25) is 0 Å². The molecule has 1 N–H and O–H groups in total. The molecule has 6 nitrogen and oxygen atoms in total. The highest BCUT2D eigenvalue weighted by molar-refractivity contribution is 9.10. The third-order valence-electron chi connectivity index (χ3n) is 2.78. The molecular weight excluding hydrogens is 368 g/mol. The van der Waals surface area contributed by atoms with Gasteiger partial charge in [-0.2, -0.15) is 4.98 Å². The van der Waals surface area contributed by atoms with E-state index in [0.717, 1.165) is 4.90 Å². The van der Waals surface area contributed by atoms with Crippen LogP contribution < -0.4 is 5.32 Å². The van der Waals surface area contributed by atoms with Gasteiger partial charge in [-0.3, -0.25) is 4.79 Å². The van der Waals surface area contributed by atoms with Crippen molar-refractivity contribution in [1.82, 2.24) is 14.8 Å². The fraction of sp³-hybridized carbons (Fsp3) is 0.0714. The topological polar surface area (TPSA) is 73.0 Å². The number of furan rings is 1. The molecule has 0 aliphatic carbocycles. The van der Waals surface area contributed by atoms with Crippen LogP contribution >= 0.6 is 27.7 Å². The number of benzene rings is 1. The highest BCUT2D eigenvalue weighted by atomic mass is 79.9. The van der Waals surface area contributed by atoms with E-state index in [4.69, 9.17) is 4.42 Å². The van der Waals surface area contributed by atoms with Gasteiger partial charge in [0.25, 0.3) is 5.91 Å². The van der Waals surface area contributed by atoms with Crippen LogP contribution in [0.15, 0.2) is 61.9 Å². The monoisotopic (exact) mass is 378 g/mol. The lowest BCUT2D eigenvalue weighted by Crippen LogP contribution is -2.11. The molecule has 0 radical (unpaired) electrons. The molecule has 0 fully saturated rings. The predicted octanol–water partition coefficient (Wildman–Crippen LogP) is 3.57. The minimum atomic E-state index is -0.294. The van der Waals surface area contributed by atoms with Crippen molar-refractivity contribution < 1.29 is 9.21 Å². The lowest BCUT2D eigenvalue weighted by Gasteiger charge is -2.09. The van der Waals surface area contributed by atoms with Crippen LogP contribution in [-0.2, 0) is 7.05 Å². The second-order valence-corrected chi connectivity index (χ2v) is 6.04.